The minimum Gasteiger partial charge on any atom is -0.467 e. The van der Waals surface area contributed by atoms with Crippen molar-refractivity contribution in [3.63, 3.8) is 0 Å². The zero-order valence-corrected chi connectivity index (χ0v) is 8.93. The summed E-state index contributed by atoms with van der Waals surface area (Å²) in [7, 11) is 0. The van der Waals surface area contributed by atoms with E-state index >= 15 is 0 Å². The monoisotopic (exact) mass is 223 g/mol. The van der Waals surface area contributed by atoms with Crippen molar-refractivity contribution in [2.45, 2.75) is 13.5 Å². The average Bonchev–Trinajstić information content (AvgIpc) is 2.77. The molecule has 86 valence electrons. The summed E-state index contributed by atoms with van der Waals surface area (Å²) in [4.78, 5) is 22.1. The van der Waals surface area contributed by atoms with Gasteiger partial charge in [-0.05, 0) is 19.1 Å². The van der Waals surface area contributed by atoms with Gasteiger partial charge in [0, 0.05) is 6.08 Å². The summed E-state index contributed by atoms with van der Waals surface area (Å²) in [6.45, 7) is 1.69. The number of nitrogens with one attached hydrogen (secondary N) is 1. The lowest BCUT2D eigenvalue weighted by atomic mass is 10.4. The fourth-order valence-electron chi connectivity index (χ4n) is 0.971. The molecule has 0 aliphatic carbocycles. The van der Waals surface area contributed by atoms with Crippen molar-refractivity contribution in [2.75, 3.05) is 6.61 Å². The summed E-state index contributed by atoms with van der Waals surface area (Å²) in [6, 6.07) is 3.47. The predicted molar refractivity (Wildman–Crippen MR) is 56.3 cm³/mol. The van der Waals surface area contributed by atoms with E-state index in [1.807, 2.05) is 0 Å². The lowest BCUT2D eigenvalue weighted by Gasteiger charge is -2.03. The molecular formula is C11H13NO4. The smallest absolute Gasteiger partial charge is 0.330 e. The van der Waals surface area contributed by atoms with Gasteiger partial charge in [0.15, 0.2) is 6.61 Å². The second-order valence-corrected chi connectivity index (χ2v) is 2.96. The lowest BCUT2D eigenvalue weighted by Crippen LogP contribution is -2.27. The second-order valence-electron chi connectivity index (χ2n) is 2.96. The topological polar surface area (TPSA) is 68.5 Å². The van der Waals surface area contributed by atoms with E-state index in [1.165, 1.54) is 12.3 Å². The van der Waals surface area contributed by atoms with Gasteiger partial charge in [-0.25, -0.2) is 4.79 Å². The highest BCUT2D eigenvalue weighted by molar-refractivity contribution is 5.85. The van der Waals surface area contributed by atoms with Crippen LogP contribution in [0, 0.1) is 0 Å². The van der Waals surface area contributed by atoms with Crippen molar-refractivity contribution < 1.29 is 18.7 Å². The number of carbonyl (C=O) groups excluding carboxylic acids is 2. The van der Waals surface area contributed by atoms with Crippen LogP contribution in [0.2, 0.25) is 0 Å². The number of rotatable bonds is 5. The minimum atomic E-state index is -0.532. The molecule has 0 bridgehead atoms. The van der Waals surface area contributed by atoms with E-state index in [0.717, 1.165) is 0 Å². The van der Waals surface area contributed by atoms with Crippen LogP contribution in [0.25, 0.3) is 0 Å². The Morgan fingerprint density at radius 2 is 2.38 bits per heavy atom. The molecule has 1 aromatic rings. The molecule has 0 spiro atoms. The molecule has 0 unspecified atom stereocenters. The van der Waals surface area contributed by atoms with E-state index in [9.17, 15) is 9.59 Å². The Labute approximate surface area is 93.1 Å². The first-order chi connectivity index (χ1) is 7.72. The number of ether oxygens (including phenoxy) is 1. The third kappa shape index (κ3) is 4.45. The highest BCUT2D eigenvalue weighted by Gasteiger charge is 2.05. The third-order valence-corrected chi connectivity index (χ3v) is 1.69. The fourth-order valence-corrected chi connectivity index (χ4v) is 0.971. The first-order valence-electron chi connectivity index (χ1n) is 4.81. The molecule has 0 radical (unpaired) electrons. The van der Waals surface area contributed by atoms with Crippen LogP contribution in [0.3, 0.4) is 0 Å². The zero-order chi connectivity index (χ0) is 11.8. The number of esters is 1. The maximum absolute atomic E-state index is 11.2. The van der Waals surface area contributed by atoms with Crippen LogP contribution in [0.4, 0.5) is 0 Å². The van der Waals surface area contributed by atoms with E-state index < -0.39 is 5.97 Å². The standard InChI is InChI=1S/C11H13NO4/c1-2-4-11(14)16-8-10(13)12-7-9-5-3-6-15-9/h2-6H,7-8H2,1H3,(H,12,13)/b4-2+. The molecule has 0 aromatic carbocycles. The summed E-state index contributed by atoms with van der Waals surface area (Å²) in [5, 5.41) is 2.55. The van der Waals surface area contributed by atoms with Gasteiger partial charge in [-0.15, -0.1) is 0 Å². The molecule has 0 aliphatic heterocycles. The number of hydrogen-bond acceptors (Lipinski definition) is 4. The minimum absolute atomic E-state index is 0.285. The molecule has 0 atom stereocenters. The predicted octanol–water partition coefficient (Wildman–Crippen LogP) is 1.02. The van der Waals surface area contributed by atoms with Crippen LogP contribution in [0.5, 0.6) is 0 Å². The molecule has 5 heteroatoms. The normalized spacial score (nSPS) is 10.3. The molecule has 16 heavy (non-hydrogen) atoms. The first-order valence-corrected chi connectivity index (χ1v) is 4.81. The van der Waals surface area contributed by atoms with Gasteiger partial charge in [-0.2, -0.15) is 0 Å². The maximum Gasteiger partial charge on any atom is 0.330 e. The second kappa shape index (κ2) is 6.44. The Morgan fingerprint density at radius 1 is 1.56 bits per heavy atom. The molecule has 1 amide bonds. The number of hydrogen-bond donors (Lipinski definition) is 1. The van der Waals surface area contributed by atoms with Crippen molar-refractivity contribution in [3.8, 4) is 0 Å². The fraction of sp³-hybridized carbons (Fsp3) is 0.273. The van der Waals surface area contributed by atoms with Crippen molar-refractivity contribution in [1.82, 2.24) is 5.32 Å². The molecule has 1 heterocycles. The Hall–Kier alpha value is -2.04. The number of carbonyl (C=O) groups is 2. The molecular weight excluding hydrogens is 210 g/mol. The van der Waals surface area contributed by atoms with Gasteiger partial charge in [-0.3, -0.25) is 4.79 Å². The van der Waals surface area contributed by atoms with Crippen LogP contribution in [0.1, 0.15) is 12.7 Å². The summed E-state index contributed by atoms with van der Waals surface area (Å²) in [5.41, 5.74) is 0. The first kappa shape index (κ1) is 12.0. The maximum atomic E-state index is 11.2. The molecule has 0 saturated heterocycles. The molecule has 5 nitrogen and oxygen atoms in total. The molecule has 1 rings (SSSR count). The van der Waals surface area contributed by atoms with Gasteiger partial charge < -0.3 is 14.5 Å². The van der Waals surface area contributed by atoms with Crippen molar-refractivity contribution >= 4 is 11.9 Å². The Morgan fingerprint density at radius 3 is 3.00 bits per heavy atom. The van der Waals surface area contributed by atoms with E-state index in [4.69, 9.17) is 4.42 Å². The van der Waals surface area contributed by atoms with Gasteiger partial charge >= 0.3 is 5.97 Å². The van der Waals surface area contributed by atoms with Crippen LogP contribution in [-0.4, -0.2) is 18.5 Å². The van der Waals surface area contributed by atoms with Gasteiger partial charge in [-0.1, -0.05) is 6.08 Å². The van der Waals surface area contributed by atoms with Gasteiger partial charge in [0.2, 0.25) is 0 Å². The number of allylic oxidation sites excluding steroid dienone is 1. The quantitative estimate of drug-likeness (QED) is 0.597. The Balaban J connectivity index is 2.19. The summed E-state index contributed by atoms with van der Waals surface area (Å²) < 4.78 is 9.66. The van der Waals surface area contributed by atoms with Crippen molar-refractivity contribution in [2.24, 2.45) is 0 Å². The summed E-state index contributed by atoms with van der Waals surface area (Å²) >= 11 is 0. The third-order valence-electron chi connectivity index (χ3n) is 1.69. The van der Waals surface area contributed by atoms with Crippen LogP contribution in [0.15, 0.2) is 35.0 Å². The van der Waals surface area contributed by atoms with Crippen molar-refractivity contribution in [1.29, 1.82) is 0 Å². The SMILES string of the molecule is C/C=C/C(=O)OCC(=O)NCc1ccco1. The van der Waals surface area contributed by atoms with Gasteiger partial charge in [0.1, 0.15) is 5.76 Å². The molecule has 0 saturated carbocycles. The van der Waals surface area contributed by atoms with Crippen LogP contribution < -0.4 is 5.32 Å². The van der Waals surface area contributed by atoms with E-state index in [0.29, 0.717) is 5.76 Å². The highest BCUT2D eigenvalue weighted by atomic mass is 16.5. The summed E-state index contributed by atoms with van der Waals surface area (Å²) in [6.07, 6.45) is 4.32. The summed E-state index contributed by atoms with van der Waals surface area (Å²) in [5.74, 6) is -0.252. The van der Waals surface area contributed by atoms with Crippen LogP contribution in [-0.2, 0) is 20.9 Å². The molecule has 0 aliphatic rings. The van der Waals surface area contributed by atoms with Crippen LogP contribution >= 0.6 is 0 Å². The van der Waals surface area contributed by atoms with Gasteiger partial charge in [0.05, 0.1) is 12.8 Å². The Bertz CT molecular complexity index is 367. The lowest BCUT2D eigenvalue weighted by molar-refractivity contribution is -0.143. The number of furan rings is 1. The van der Waals surface area contributed by atoms with E-state index in [2.05, 4.69) is 10.1 Å². The average molecular weight is 223 g/mol. The zero-order valence-electron chi connectivity index (χ0n) is 8.93. The highest BCUT2D eigenvalue weighted by Crippen LogP contribution is 1.98. The number of amides is 1. The van der Waals surface area contributed by atoms with E-state index in [-0.39, 0.29) is 19.1 Å². The molecule has 1 aromatic heterocycles. The molecule has 0 fully saturated rings. The molecule has 1 N–H and O–H groups in total. The Kier molecular flexibility index (Phi) is 4.85. The largest absolute Gasteiger partial charge is 0.467 e. The van der Waals surface area contributed by atoms with Crippen molar-refractivity contribution in [3.05, 3.63) is 36.3 Å². The van der Waals surface area contributed by atoms with E-state index in [1.54, 1.807) is 25.1 Å². The van der Waals surface area contributed by atoms with Gasteiger partial charge in [0.25, 0.3) is 5.91 Å².